The van der Waals surface area contributed by atoms with Crippen LogP contribution in [0.2, 0.25) is 0 Å². The van der Waals surface area contributed by atoms with E-state index >= 15 is 0 Å². The van der Waals surface area contributed by atoms with Crippen molar-refractivity contribution in [2.75, 3.05) is 26.7 Å². The molecular formula is C16H21BrN2O3. The lowest BCUT2D eigenvalue weighted by Crippen LogP contribution is -2.37. The highest BCUT2D eigenvalue weighted by molar-refractivity contribution is 9.10. The number of rotatable bonds is 5. The van der Waals surface area contributed by atoms with Crippen LogP contribution in [0.1, 0.15) is 36.0 Å². The molecule has 2 amide bonds. The van der Waals surface area contributed by atoms with Crippen LogP contribution >= 0.6 is 15.9 Å². The van der Waals surface area contributed by atoms with E-state index in [0.717, 1.165) is 30.4 Å². The molecule has 1 aliphatic rings. The van der Waals surface area contributed by atoms with E-state index in [4.69, 9.17) is 4.74 Å². The third kappa shape index (κ3) is 4.47. The smallest absolute Gasteiger partial charge is 0.251 e. The maximum Gasteiger partial charge on any atom is 0.251 e. The zero-order chi connectivity index (χ0) is 15.9. The molecule has 0 unspecified atom stereocenters. The minimum absolute atomic E-state index is 0.121. The number of halogens is 1. The molecule has 1 N–H and O–H groups in total. The average molecular weight is 369 g/mol. The van der Waals surface area contributed by atoms with E-state index in [9.17, 15) is 9.59 Å². The third-order valence-corrected chi connectivity index (χ3v) is 4.37. The fraction of sp³-hybridized carbons (Fsp3) is 0.500. The number of carbonyl (C=O) groups excluding carboxylic acids is 2. The molecule has 0 bridgehead atoms. The van der Waals surface area contributed by atoms with Crippen LogP contribution in [-0.2, 0) is 4.79 Å². The summed E-state index contributed by atoms with van der Waals surface area (Å²) in [6.45, 7) is 2.05. The van der Waals surface area contributed by atoms with Gasteiger partial charge < -0.3 is 15.0 Å². The van der Waals surface area contributed by atoms with Gasteiger partial charge in [-0.3, -0.25) is 9.59 Å². The van der Waals surface area contributed by atoms with Crippen molar-refractivity contribution in [3.63, 3.8) is 0 Å². The second-order valence-corrected chi connectivity index (χ2v) is 6.15. The Hall–Kier alpha value is -1.56. The van der Waals surface area contributed by atoms with Crippen molar-refractivity contribution in [3.8, 4) is 5.75 Å². The van der Waals surface area contributed by atoms with Crippen LogP contribution in [0.4, 0.5) is 0 Å². The molecule has 1 saturated heterocycles. The van der Waals surface area contributed by atoms with Crippen molar-refractivity contribution in [2.45, 2.75) is 25.7 Å². The normalized spacial score (nSPS) is 14.5. The lowest BCUT2D eigenvalue weighted by molar-refractivity contribution is -0.131. The van der Waals surface area contributed by atoms with Crippen molar-refractivity contribution in [1.29, 1.82) is 0 Å². The second-order valence-electron chi connectivity index (χ2n) is 5.30. The summed E-state index contributed by atoms with van der Waals surface area (Å²) in [6, 6.07) is 5.14. The van der Waals surface area contributed by atoms with Crippen LogP contribution in [-0.4, -0.2) is 43.5 Å². The molecule has 1 heterocycles. The summed E-state index contributed by atoms with van der Waals surface area (Å²) in [7, 11) is 1.58. The number of hydrogen-bond acceptors (Lipinski definition) is 3. The molecule has 0 aliphatic carbocycles. The molecule has 1 aromatic rings. The predicted octanol–water partition coefficient (Wildman–Crippen LogP) is 2.59. The van der Waals surface area contributed by atoms with Crippen molar-refractivity contribution in [3.05, 3.63) is 28.2 Å². The molecule has 22 heavy (non-hydrogen) atoms. The monoisotopic (exact) mass is 368 g/mol. The Kier molecular flexibility index (Phi) is 6.24. The number of nitrogens with zero attached hydrogens (tertiary/aromatic N) is 1. The highest BCUT2D eigenvalue weighted by Gasteiger charge is 2.16. The van der Waals surface area contributed by atoms with E-state index < -0.39 is 0 Å². The third-order valence-electron chi connectivity index (χ3n) is 3.75. The first-order valence-electron chi connectivity index (χ1n) is 7.51. The molecule has 1 fully saturated rings. The molecule has 0 radical (unpaired) electrons. The average Bonchev–Trinajstić information content (AvgIpc) is 2.55. The zero-order valence-electron chi connectivity index (χ0n) is 12.7. The molecule has 6 heteroatoms. The van der Waals surface area contributed by atoms with Gasteiger partial charge in [-0.25, -0.2) is 0 Å². The number of carbonyl (C=O) groups is 2. The number of benzene rings is 1. The number of amides is 2. The van der Waals surface area contributed by atoms with E-state index in [0.29, 0.717) is 24.3 Å². The fourth-order valence-corrected chi connectivity index (χ4v) is 3.03. The Morgan fingerprint density at radius 1 is 1.27 bits per heavy atom. The summed E-state index contributed by atoms with van der Waals surface area (Å²) in [5.41, 5.74) is 0.540. The molecule has 0 atom stereocenters. The first-order valence-corrected chi connectivity index (χ1v) is 8.30. The summed E-state index contributed by atoms with van der Waals surface area (Å²) in [5.74, 6) is 0.613. The van der Waals surface area contributed by atoms with Gasteiger partial charge in [-0.05, 0) is 53.4 Å². The molecule has 2 rings (SSSR count). The molecule has 1 aromatic carbocycles. The number of likely N-dealkylation sites (tertiary alicyclic amines) is 1. The van der Waals surface area contributed by atoms with Crippen molar-refractivity contribution >= 4 is 27.7 Å². The van der Waals surface area contributed by atoms with Gasteiger partial charge in [0.15, 0.2) is 0 Å². The number of piperidine rings is 1. The summed E-state index contributed by atoms with van der Waals surface area (Å²) in [4.78, 5) is 25.9. The first-order chi connectivity index (χ1) is 10.6. The molecule has 1 aliphatic heterocycles. The van der Waals surface area contributed by atoms with Gasteiger partial charge in [0.1, 0.15) is 5.75 Å². The minimum Gasteiger partial charge on any atom is -0.496 e. The van der Waals surface area contributed by atoms with Crippen molar-refractivity contribution in [2.24, 2.45) is 0 Å². The summed E-state index contributed by atoms with van der Waals surface area (Å²) in [6.07, 6.45) is 3.71. The van der Waals surface area contributed by atoms with Gasteiger partial charge >= 0.3 is 0 Å². The summed E-state index contributed by atoms with van der Waals surface area (Å²) >= 11 is 3.35. The van der Waals surface area contributed by atoms with Gasteiger partial charge in [0.05, 0.1) is 11.6 Å². The number of nitrogens with one attached hydrogen (secondary N) is 1. The van der Waals surface area contributed by atoms with Crippen LogP contribution in [0.25, 0.3) is 0 Å². The molecule has 0 spiro atoms. The maximum absolute atomic E-state index is 12.1. The SMILES string of the molecule is COc1ccc(C(=O)NCCC(=O)N2CCCCC2)cc1Br. The van der Waals surface area contributed by atoms with Gasteiger partial charge in [0.25, 0.3) is 5.91 Å². The highest BCUT2D eigenvalue weighted by Crippen LogP contribution is 2.25. The van der Waals surface area contributed by atoms with Crippen LogP contribution < -0.4 is 10.1 Å². The second kappa shape index (κ2) is 8.17. The van der Waals surface area contributed by atoms with E-state index in [-0.39, 0.29) is 11.8 Å². The Morgan fingerprint density at radius 3 is 2.64 bits per heavy atom. The molecule has 120 valence electrons. The quantitative estimate of drug-likeness (QED) is 0.868. The van der Waals surface area contributed by atoms with Crippen LogP contribution in [0.15, 0.2) is 22.7 Å². The molecule has 0 aromatic heterocycles. The Balaban J connectivity index is 1.80. The topological polar surface area (TPSA) is 58.6 Å². The summed E-state index contributed by atoms with van der Waals surface area (Å²) in [5, 5.41) is 2.79. The van der Waals surface area contributed by atoms with Crippen molar-refractivity contribution < 1.29 is 14.3 Å². The Labute approximate surface area is 139 Å². The number of methoxy groups -OCH3 is 1. The van der Waals surface area contributed by atoms with Gasteiger partial charge in [0, 0.05) is 31.6 Å². The summed E-state index contributed by atoms with van der Waals surface area (Å²) < 4.78 is 5.86. The Bertz CT molecular complexity index is 542. The van der Waals surface area contributed by atoms with E-state index in [1.54, 1.807) is 25.3 Å². The molecule has 0 saturated carbocycles. The standard InChI is InChI=1S/C16H21BrN2O3/c1-22-14-6-5-12(11-13(14)17)16(21)18-8-7-15(20)19-9-3-2-4-10-19/h5-6,11H,2-4,7-10H2,1H3,(H,18,21). The van der Waals surface area contributed by atoms with Gasteiger partial charge in [0.2, 0.25) is 5.91 Å². The minimum atomic E-state index is -0.185. The molecule has 5 nitrogen and oxygen atoms in total. The highest BCUT2D eigenvalue weighted by atomic mass is 79.9. The Morgan fingerprint density at radius 2 is 2.00 bits per heavy atom. The van der Waals surface area contributed by atoms with E-state index in [2.05, 4.69) is 21.2 Å². The van der Waals surface area contributed by atoms with Gasteiger partial charge in [-0.15, -0.1) is 0 Å². The molecular weight excluding hydrogens is 348 g/mol. The van der Waals surface area contributed by atoms with E-state index in [1.807, 2.05) is 4.90 Å². The van der Waals surface area contributed by atoms with Crippen LogP contribution in [0.3, 0.4) is 0 Å². The lowest BCUT2D eigenvalue weighted by Gasteiger charge is -2.26. The maximum atomic E-state index is 12.1. The number of hydrogen-bond donors (Lipinski definition) is 1. The van der Waals surface area contributed by atoms with Gasteiger partial charge in [-0.2, -0.15) is 0 Å². The largest absolute Gasteiger partial charge is 0.496 e. The fourth-order valence-electron chi connectivity index (χ4n) is 2.49. The number of ether oxygens (including phenoxy) is 1. The predicted molar refractivity (Wildman–Crippen MR) is 88.1 cm³/mol. The first kappa shape index (κ1) is 16.8. The van der Waals surface area contributed by atoms with E-state index in [1.165, 1.54) is 6.42 Å². The van der Waals surface area contributed by atoms with Crippen LogP contribution in [0.5, 0.6) is 5.75 Å². The zero-order valence-corrected chi connectivity index (χ0v) is 14.3. The van der Waals surface area contributed by atoms with Crippen LogP contribution in [0, 0.1) is 0 Å². The lowest BCUT2D eigenvalue weighted by atomic mass is 10.1. The van der Waals surface area contributed by atoms with Crippen molar-refractivity contribution in [1.82, 2.24) is 10.2 Å². The van der Waals surface area contributed by atoms with Gasteiger partial charge in [-0.1, -0.05) is 0 Å².